The molecule has 1 heterocycles. The molecule has 0 saturated carbocycles. The van der Waals surface area contributed by atoms with E-state index in [0.29, 0.717) is 12.1 Å². The van der Waals surface area contributed by atoms with Gasteiger partial charge in [-0.1, -0.05) is 25.1 Å². The lowest BCUT2D eigenvalue weighted by molar-refractivity contribution is 0.468. The zero-order valence-corrected chi connectivity index (χ0v) is 11.4. The SMILES string of the molecule is CC1CNC(c2ccccc2F)C(C)S(=O)(=O)C1. The number of rotatable bonds is 1. The summed E-state index contributed by atoms with van der Waals surface area (Å²) < 4.78 is 38.1. The van der Waals surface area contributed by atoms with Crippen molar-refractivity contribution in [1.82, 2.24) is 5.32 Å². The molecule has 1 aliphatic rings. The molecule has 3 nitrogen and oxygen atoms in total. The first kappa shape index (κ1) is 13.5. The molecule has 1 aromatic rings. The molecule has 0 spiro atoms. The van der Waals surface area contributed by atoms with Gasteiger partial charge < -0.3 is 5.32 Å². The van der Waals surface area contributed by atoms with E-state index >= 15 is 0 Å². The zero-order valence-electron chi connectivity index (χ0n) is 10.6. The molecule has 0 radical (unpaired) electrons. The molecule has 1 N–H and O–H groups in total. The number of hydrogen-bond acceptors (Lipinski definition) is 3. The molecular formula is C13H18FNO2S. The maximum Gasteiger partial charge on any atom is 0.155 e. The van der Waals surface area contributed by atoms with E-state index in [2.05, 4.69) is 5.32 Å². The van der Waals surface area contributed by atoms with Gasteiger partial charge in [0.1, 0.15) is 5.82 Å². The number of sulfone groups is 1. The minimum absolute atomic E-state index is 0.0502. The molecule has 2 rings (SSSR count). The molecule has 100 valence electrons. The van der Waals surface area contributed by atoms with Crippen LogP contribution >= 0.6 is 0 Å². The lowest BCUT2D eigenvalue weighted by atomic mass is 10.0. The van der Waals surface area contributed by atoms with Crippen molar-refractivity contribution in [2.45, 2.75) is 25.1 Å². The first-order valence-corrected chi connectivity index (χ1v) is 7.82. The molecule has 1 saturated heterocycles. The highest BCUT2D eigenvalue weighted by Gasteiger charge is 2.35. The van der Waals surface area contributed by atoms with Crippen molar-refractivity contribution < 1.29 is 12.8 Å². The van der Waals surface area contributed by atoms with E-state index in [-0.39, 0.29) is 17.5 Å². The quantitative estimate of drug-likeness (QED) is 0.848. The number of nitrogens with one attached hydrogen (secondary N) is 1. The minimum Gasteiger partial charge on any atom is -0.308 e. The van der Waals surface area contributed by atoms with Crippen LogP contribution in [-0.4, -0.2) is 26.0 Å². The number of halogens is 1. The van der Waals surface area contributed by atoms with E-state index in [1.807, 2.05) is 6.92 Å². The van der Waals surface area contributed by atoms with Crippen molar-refractivity contribution in [3.8, 4) is 0 Å². The monoisotopic (exact) mass is 271 g/mol. The van der Waals surface area contributed by atoms with Crippen molar-refractivity contribution >= 4 is 9.84 Å². The fraction of sp³-hybridized carbons (Fsp3) is 0.538. The van der Waals surface area contributed by atoms with Gasteiger partial charge in [0.2, 0.25) is 0 Å². The highest BCUT2D eigenvalue weighted by molar-refractivity contribution is 7.92. The Morgan fingerprint density at radius 1 is 1.28 bits per heavy atom. The van der Waals surface area contributed by atoms with Crippen LogP contribution in [0.15, 0.2) is 24.3 Å². The second kappa shape index (κ2) is 4.97. The maximum absolute atomic E-state index is 13.8. The average molecular weight is 271 g/mol. The summed E-state index contributed by atoms with van der Waals surface area (Å²) >= 11 is 0. The first-order chi connectivity index (χ1) is 8.42. The third-order valence-corrected chi connectivity index (χ3v) is 5.92. The maximum atomic E-state index is 13.8. The van der Waals surface area contributed by atoms with Gasteiger partial charge in [-0.2, -0.15) is 0 Å². The summed E-state index contributed by atoms with van der Waals surface area (Å²) in [5, 5.41) is 2.56. The van der Waals surface area contributed by atoms with Gasteiger partial charge in [0, 0.05) is 5.56 Å². The number of benzene rings is 1. The van der Waals surface area contributed by atoms with Crippen molar-refractivity contribution in [3.63, 3.8) is 0 Å². The Bertz CT molecular complexity index is 530. The highest BCUT2D eigenvalue weighted by Crippen LogP contribution is 2.28. The average Bonchev–Trinajstić information content (AvgIpc) is 2.39. The highest BCUT2D eigenvalue weighted by atomic mass is 32.2. The summed E-state index contributed by atoms with van der Waals surface area (Å²) in [6.07, 6.45) is 0. The molecule has 0 aliphatic carbocycles. The van der Waals surface area contributed by atoms with Crippen LogP contribution in [0.2, 0.25) is 0 Å². The topological polar surface area (TPSA) is 46.2 Å². The van der Waals surface area contributed by atoms with Crippen molar-refractivity contribution in [2.24, 2.45) is 5.92 Å². The third kappa shape index (κ3) is 2.57. The first-order valence-electron chi connectivity index (χ1n) is 6.11. The fourth-order valence-corrected chi connectivity index (χ4v) is 4.27. The van der Waals surface area contributed by atoms with Crippen molar-refractivity contribution in [1.29, 1.82) is 0 Å². The molecule has 5 heteroatoms. The Morgan fingerprint density at radius 2 is 1.94 bits per heavy atom. The molecule has 3 unspecified atom stereocenters. The Kier molecular flexibility index (Phi) is 3.73. The molecule has 0 bridgehead atoms. The van der Waals surface area contributed by atoms with E-state index in [1.165, 1.54) is 6.07 Å². The minimum atomic E-state index is -3.19. The van der Waals surface area contributed by atoms with Crippen LogP contribution in [0, 0.1) is 11.7 Å². The molecule has 3 atom stereocenters. The van der Waals surface area contributed by atoms with Crippen LogP contribution in [0.1, 0.15) is 25.5 Å². The van der Waals surface area contributed by atoms with Gasteiger partial charge in [-0.05, 0) is 25.5 Å². The summed E-state index contributed by atoms with van der Waals surface area (Å²) in [7, 11) is -3.19. The molecule has 1 aromatic carbocycles. The summed E-state index contributed by atoms with van der Waals surface area (Å²) in [5.41, 5.74) is 0.433. The Hall–Kier alpha value is -0.940. The second-order valence-corrected chi connectivity index (χ2v) is 7.45. The van der Waals surface area contributed by atoms with Crippen LogP contribution in [0.3, 0.4) is 0 Å². The Balaban J connectivity index is 2.41. The predicted octanol–water partition coefficient (Wildman–Crippen LogP) is 1.91. The van der Waals surface area contributed by atoms with E-state index in [0.717, 1.165) is 0 Å². The van der Waals surface area contributed by atoms with E-state index in [1.54, 1.807) is 25.1 Å². The van der Waals surface area contributed by atoms with Gasteiger partial charge in [-0.25, -0.2) is 12.8 Å². The molecule has 0 amide bonds. The standard InChI is InChI=1S/C13H18FNO2S/c1-9-7-15-13(10(2)18(16,17)8-9)11-5-3-4-6-12(11)14/h3-6,9-10,13,15H,7-8H2,1-2H3. The van der Waals surface area contributed by atoms with Crippen LogP contribution in [-0.2, 0) is 9.84 Å². The molecule has 1 aliphatic heterocycles. The van der Waals surface area contributed by atoms with E-state index < -0.39 is 21.1 Å². The molecular weight excluding hydrogens is 253 g/mol. The van der Waals surface area contributed by atoms with Crippen LogP contribution in [0.4, 0.5) is 4.39 Å². The summed E-state index contributed by atoms with van der Waals surface area (Å²) in [4.78, 5) is 0. The lowest BCUT2D eigenvalue weighted by Crippen LogP contribution is -2.33. The second-order valence-electron chi connectivity index (χ2n) is 5.05. The Labute approximate surface area is 107 Å². The largest absolute Gasteiger partial charge is 0.308 e. The van der Waals surface area contributed by atoms with E-state index in [4.69, 9.17) is 0 Å². The van der Waals surface area contributed by atoms with Gasteiger partial charge in [0.15, 0.2) is 9.84 Å². The smallest absolute Gasteiger partial charge is 0.155 e. The van der Waals surface area contributed by atoms with Crippen molar-refractivity contribution in [3.05, 3.63) is 35.6 Å². The van der Waals surface area contributed by atoms with Gasteiger partial charge in [-0.15, -0.1) is 0 Å². The molecule has 0 aromatic heterocycles. The van der Waals surface area contributed by atoms with E-state index in [9.17, 15) is 12.8 Å². The van der Waals surface area contributed by atoms with Crippen LogP contribution in [0.5, 0.6) is 0 Å². The van der Waals surface area contributed by atoms with Crippen molar-refractivity contribution in [2.75, 3.05) is 12.3 Å². The van der Waals surface area contributed by atoms with Gasteiger partial charge >= 0.3 is 0 Å². The zero-order chi connectivity index (χ0) is 13.3. The van der Waals surface area contributed by atoms with Gasteiger partial charge in [0.25, 0.3) is 0 Å². The van der Waals surface area contributed by atoms with Crippen LogP contribution < -0.4 is 5.32 Å². The lowest BCUT2D eigenvalue weighted by Gasteiger charge is -2.22. The van der Waals surface area contributed by atoms with Crippen LogP contribution in [0.25, 0.3) is 0 Å². The molecule has 1 fully saturated rings. The normalized spacial score (nSPS) is 31.8. The fourth-order valence-electron chi connectivity index (χ4n) is 2.40. The number of hydrogen-bond donors (Lipinski definition) is 1. The summed E-state index contributed by atoms with van der Waals surface area (Å²) in [6, 6.07) is 5.88. The third-order valence-electron chi connectivity index (χ3n) is 3.48. The Morgan fingerprint density at radius 3 is 2.61 bits per heavy atom. The van der Waals surface area contributed by atoms with Gasteiger partial charge in [0.05, 0.1) is 17.0 Å². The predicted molar refractivity (Wildman–Crippen MR) is 69.6 cm³/mol. The van der Waals surface area contributed by atoms with Gasteiger partial charge in [-0.3, -0.25) is 0 Å². The summed E-state index contributed by atoms with van der Waals surface area (Å²) in [6.45, 7) is 4.13. The summed E-state index contributed by atoms with van der Waals surface area (Å²) in [5.74, 6) is -0.146. The molecule has 18 heavy (non-hydrogen) atoms.